The minimum Gasteiger partial charge on any atom is -0.300 e. The minimum atomic E-state index is -0.360. The Hall–Kier alpha value is -1.47. The van der Waals surface area contributed by atoms with E-state index in [1.54, 1.807) is 0 Å². The molecule has 0 heterocycles. The molecule has 0 saturated heterocycles. The molecule has 0 aromatic heterocycles. The summed E-state index contributed by atoms with van der Waals surface area (Å²) in [6, 6.07) is 0. The molecule has 0 rings (SSSR count). The van der Waals surface area contributed by atoms with Crippen molar-refractivity contribution in [3.63, 3.8) is 0 Å². The molecule has 0 spiro atoms. The molecule has 33 heavy (non-hydrogen) atoms. The maximum atomic E-state index is 12.0. The van der Waals surface area contributed by atoms with Crippen molar-refractivity contribution in [3.8, 4) is 0 Å². The van der Waals surface area contributed by atoms with Crippen LogP contribution in [0.25, 0.3) is 0 Å². The lowest BCUT2D eigenvalue weighted by Gasteiger charge is -2.11. The summed E-state index contributed by atoms with van der Waals surface area (Å²) < 4.78 is 0. The second kappa shape index (κ2) is 22.3. The highest BCUT2D eigenvalue weighted by atomic mass is 17.2. The molecular formula is C26H48O7. The normalized spacial score (nSPS) is 11.2. The van der Waals surface area contributed by atoms with Gasteiger partial charge in [-0.2, -0.15) is 9.78 Å². The van der Waals surface area contributed by atoms with Crippen molar-refractivity contribution in [1.29, 1.82) is 0 Å². The molecule has 0 aliphatic heterocycles. The zero-order chi connectivity index (χ0) is 24.7. The van der Waals surface area contributed by atoms with Gasteiger partial charge in [0.15, 0.2) is 0 Å². The first-order valence-electron chi connectivity index (χ1n) is 13.2. The Morgan fingerprint density at radius 3 is 1.18 bits per heavy atom. The smallest absolute Gasteiger partial charge is 0.300 e. The summed E-state index contributed by atoms with van der Waals surface area (Å²) in [5.74, 6) is -0.376. The SMILES string of the molecule is CCC(CC)OOC(=O)CCCCCCCCCC(=O)CCCCC(=O)OOC(CC)CC. The van der Waals surface area contributed by atoms with E-state index in [0.717, 1.165) is 70.6 Å². The molecule has 7 heteroatoms. The number of unbranched alkanes of at least 4 members (excludes halogenated alkanes) is 7. The van der Waals surface area contributed by atoms with Crippen LogP contribution in [-0.4, -0.2) is 29.9 Å². The molecule has 194 valence electrons. The van der Waals surface area contributed by atoms with Gasteiger partial charge >= 0.3 is 11.9 Å². The van der Waals surface area contributed by atoms with E-state index in [2.05, 4.69) is 0 Å². The Labute approximate surface area is 201 Å². The van der Waals surface area contributed by atoms with Gasteiger partial charge < -0.3 is 0 Å². The van der Waals surface area contributed by atoms with Crippen molar-refractivity contribution >= 4 is 17.7 Å². The molecule has 0 bridgehead atoms. The van der Waals surface area contributed by atoms with Gasteiger partial charge in [0.25, 0.3) is 0 Å². The van der Waals surface area contributed by atoms with Crippen molar-refractivity contribution in [2.24, 2.45) is 0 Å². The van der Waals surface area contributed by atoms with Crippen LogP contribution < -0.4 is 0 Å². The highest BCUT2D eigenvalue weighted by molar-refractivity contribution is 5.78. The van der Waals surface area contributed by atoms with E-state index in [0.29, 0.717) is 32.1 Å². The Kier molecular flexibility index (Phi) is 21.3. The molecular weight excluding hydrogens is 424 g/mol. The van der Waals surface area contributed by atoms with Crippen molar-refractivity contribution in [2.75, 3.05) is 0 Å². The van der Waals surface area contributed by atoms with Gasteiger partial charge in [-0.1, -0.05) is 59.8 Å². The average Bonchev–Trinajstić information content (AvgIpc) is 2.82. The first-order valence-corrected chi connectivity index (χ1v) is 13.2. The van der Waals surface area contributed by atoms with Crippen molar-refractivity contribution in [3.05, 3.63) is 0 Å². The van der Waals surface area contributed by atoms with Gasteiger partial charge in [0.1, 0.15) is 18.0 Å². The van der Waals surface area contributed by atoms with Gasteiger partial charge in [-0.05, 0) is 51.4 Å². The predicted octanol–water partition coefficient (Wildman–Crippen LogP) is 6.95. The number of hydrogen-bond acceptors (Lipinski definition) is 7. The fraction of sp³-hybridized carbons (Fsp3) is 0.885. The van der Waals surface area contributed by atoms with Crippen molar-refractivity contribution < 1.29 is 33.9 Å². The minimum absolute atomic E-state index is 0.0103. The van der Waals surface area contributed by atoms with Crippen LogP contribution in [0.1, 0.15) is 137 Å². The molecule has 0 atom stereocenters. The Morgan fingerprint density at radius 1 is 0.485 bits per heavy atom. The quantitative estimate of drug-likeness (QED) is 0.0902. The summed E-state index contributed by atoms with van der Waals surface area (Å²) in [6.45, 7) is 7.99. The highest BCUT2D eigenvalue weighted by Gasteiger charge is 2.11. The summed E-state index contributed by atoms with van der Waals surface area (Å²) in [7, 11) is 0. The molecule has 0 amide bonds. The lowest BCUT2D eigenvalue weighted by molar-refractivity contribution is -0.299. The maximum Gasteiger partial charge on any atom is 0.342 e. The highest BCUT2D eigenvalue weighted by Crippen LogP contribution is 2.13. The van der Waals surface area contributed by atoms with Crippen LogP contribution in [0, 0.1) is 0 Å². The Bertz CT molecular complexity index is 499. The lowest BCUT2D eigenvalue weighted by Crippen LogP contribution is -2.14. The van der Waals surface area contributed by atoms with Crippen LogP contribution in [0.2, 0.25) is 0 Å². The van der Waals surface area contributed by atoms with Gasteiger partial charge in [-0.25, -0.2) is 9.59 Å². The third-order valence-electron chi connectivity index (χ3n) is 5.80. The zero-order valence-corrected chi connectivity index (χ0v) is 21.5. The van der Waals surface area contributed by atoms with Crippen LogP contribution >= 0.6 is 0 Å². The molecule has 0 aliphatic carbocycles. The second-order valence-electron chi connectivity index (χ2n) is 8.70. The van der Waals surface area contributed by atoms with Crippen LogP contribution in [0.3, 0.4) is 0 Å². The fourth-order valence-electron chi connectivity index (χ4n) is 3.37. The standard InChI is InChI=1S/C26H48O7/c1-5-23(6-2)30-32-25(28)20-15-13-11-9-10-12-14-18-22(27)19-16-17-21-26(29)33-31-24(7-3)8-4/h23-24H,5-21H2,1-4H3. The van der Waals surface area contributed by atoms with E-state index in [-0.39, 0.29) is 36.4 Å². The lowest BCUT2D eigenvalue weighted by atomic mass is 10.0. The fourth-order valence-corrected chi connectivity index (χ4v) is 3.37. The van der Waals surface area contributed by atoms with Crippen molar-refractivity contribution in [1.82, 2.24) is 0 Å². The first kappa shape index (κ1) is 31.5. The number of Topliss-reactive ketones (excluding diaryl/α,β-unsaturated/α-hetero) is 1. The van der Waals surface area contributed by atoms with E-state index in [1.165, 1.54) is 0 Å². The average molecular weight is 473 g/mol. The second-order valence-corrected chi connectivity index (χ2v) is 8.70. The molecule has 0 aliphatic rings. The van der Waals surface area contributed by atoms with Crippen LogP contribution in [0.15, 0.2) is 0 Å². The van der Waals surface area contributed by atoms with E-state index in [1.807, 2.05) is 27.7 Å². The number of carbonyl (C=O) groups is 3. The van der Waals surface area contributed by atoms with E-state index < -0.39 is 0 Å². The summed E-state index contributed by atoms with van der Waals surface area (Å²) in [6.07, 6.45) is 13.5. The molecule has 0 saturated carbocycles. The van der Waals surface area contributed by atoms with Crippen molar-refractivity contribution in [2.45, 2.75) is 149 Å². The number of rotatable bonds is 23. The largest absolute Gasteiger partial charge is 0.342 e. The van der Waals surface area contributed by atoms with Crippen LogP contribution in [-0.2, 0) is 33.9 Å². The third-order valence-corrected chi connectivity index (χ3v) is 5.80. The number of carbonyl (C=O) groups excluding carboxylic acids is 3. The van der Waals surface area contributed by atoms with Gasteiger partial charge in [0, 0.05) is 25.7 Å². The van der Waals surface area contributed by atoms with E-state index in [9.17, 15) is 14.4 Å². The molecule has 0 N–H and O–H groups in total. The topological polar surface area (TPSA) is 88.1 Å². The molecule has 0 aromatic rings. The van der Waals surface area contributed by atoms with Gasteiger partial charge in [-0.3, -0.25) is 14.6 Å². The Morgan fingerprint density at radius 2 is 0.788 bits per heavy atom. The zero-order valence-electron chi connectivity index (χ0n) is 21.5. The van der Waals surface area contributed by atoms with Crippen LogP contribution in [0.5, 0.6) is 0 Å². The van der Waals surface area contributed by atoms with E-state index >= 15 is 0 Å². The summed E-state index contributed by atoms with van der Waals surface area (Å²) in [4.78, 5) is 55.0. The Balaban J connectivity index is 3.47. The summed E-state index contributed by atoms with van der Waals surface area (Å²) >= 11 is 0. The predicted molar refractivity (Wildman–Crippen MR) is 128 cm³/mol. The monoisotopic (exact) mass is 472 g/mol. The molecule has 0 radical (unpaired) electrons. The molecule has 7 nitrogen and oxygen atoms in total. The van der Waals surface area contributed by atoms with Gasteiger partial charge in [-0.15, -0.1) is 0 Å². The van der Waals surface area contributed by atoms with Crippen LogP contribution in [0.4, 0.5) is 0 Å². The maximum absolute atomic E-state index is 12.0. The summed E-state index contributed by atoms with van der Waals surface area (Å²) in [5, 5.41) is 0. The summed E-state index contributed by atoms with van der Waals surface area (Å²) in [5.41, 5.74) is 0. The molecule has 0 unspecified atom stereocenters. The first-order chi connectivity index (χ1) is 16.0. The van der Waals surface area contributed by atoms with Gasteiger partial charge in [0.05, 0.1) is 0 Å². The molecule has 0 aromatic carbocycles. The molecule has 0 fully saturated rings. The third kappa shape index (κ3) is 19.7. The number of hydrogen-bond donors (Lipinski definition) is 0. The van der Waals surface area contributed by atoms with E-state index in [4.69, 9.17) is 19.6 Å². The number of ketones is 1. The van der Waals surface area contributed by atoms with Gasteiger partial charge in [0.2, 0.25) is 0 Å².